The van der Waals surface area contributed by atoms with Crippen LogP contribution in [0.15, 0.2) is 35.2 Å². The average Bonchev–Trinajstić information content (AvgIpc) is 2.35. The molecule has 17 heavy (non-hydrogen) atoms. The van der Waals surface area contributed by atoms with Crippen molar-refractivity contribution in [1.29, 1.82) is 0 Å². The predicted molar refractivity (Wildman–Crippen MR) is 69.1 cm³/mol. The van der Waals surface area contributed by atoms with E-state index in [4.69, 9.17) is 5.73 Å². The van der Waals surface area contributed by atoms with Crippen LogP contribution in [0.3, 0.4) is 0 Å². The maximum absolute atomic E-state index is 11.8. The first-order valence-electron chi connectivity index (χ1n) is 5.81. The van der Waals surface area contributed by atoms with Gasteiger partial charge in [0.1, 0.15) is 0 Å². The van der Waals surface area contributed by atoms with E-state index in [0.29, 0.717) is 23.9 Å². The van der Waals surface area contributed by atoms with Gasteiger partial charge in [0.2, 0.25) is 10.0 Å². The Morgan fingerprint density at radius 2 is 1.94 bits per heavy atom. The Bertz CT molecular complexity index is 417. The van der Waals surface area contributed by atoms with Crippen molar-refractivity contribution in [3.63, 3.8) is 0 Å². The zero-order valence-electron chi connectivity index (χ0n) is 10.1. The zero-order chi connectivity index (χ0) is 12.7. The lowest BCUT2D eigenvalue weighted by Crippen LogP contribution is -2.25. The Labute approximate surface area is 103 Å². The fourth-order valence-electron chi connectivity index (χ4n) is 1.46. The fraction of sp³-hybridized carbons (Fsp3) is 0.500. The molecule has 1 aromatic rings. The maximum Gasteiger partial charge on any atom is 0.240 e. The van der Waals surface area contributed by atoms with Crippen molar-refractivity contribution < 1.29 is 8.42 Å². The molecular formula is C12H20N2O2S. The van der Waals surface area contributed by atoms with Crippen LogP contribution in [0, 0.1) is 5.92 Å². The number of hydrogen-bond donors (Lipinski definition) is 2. The van der Waals surface area contributed by atoms with Crippen LogP contribution in [0.2, 0.25) is 0 Å². The van der Waals surface area contributed by atoms with Crippen LogP contribution in [-0.2, 0) is 10.0 Å². The van der Waals surface area contributed by atoms with Crippen molar-refractivity contribution in [2.24, 2.45) is 11.7 Å². The Balaban J connectivity index is 2.41. The van der Waals surface area contributed by atoms with E-state index < -0.39 is 10.0 Å². The Morgan fingerprint density at radius 3 is 2.53 bits per heavy atom. The molecule has 0 aliphatic heterocycles. The monoisotopic (exact) mass is 256 g/mol. The van der Waals surface area contributed by atoms with Gasteiger partial charge >= 0.3 is 0 Å². The lowest BCUT2D eigenvalue weighted by Gasteiger charge is -2.09. The first kappa shape index (κ1) is 14.2. The first-order chi connectivity index (χ1) is 8.06. The van der Waals surface area contributed by atoms with Gasteiger partial charge in [-0.1, -0.05) is 25.1 Å². The molecule has 0 saturated carbocycles. The predicted octanol–water partition coefficient (Wildman–Crippen LogP) is 1.34. The number of nitrogens with one attached hydrogen (secondary N) is 1. The van der Waals surface area contributed by atoms with E-state index >= 15 is 0 Å². The number of rotatable bonds is 7. The van der Waals surface area contributed by atoms with Gasteiger partial charge in [-0.05, 0) is 37.4 Å². The molecule has 5 heteroatoms. The van der Waals surface area contributed by atoms with Gasteiger partial charge in [-0.3, -0.25) is 0 Å². The Morgan fingerprint density at radius 1 is 1.29 bits per heavy atom. The Kier molecular flexibility index (Phi) is 5.61. The maximum atomic E-state index is 11.8. The van der Waals surface area contributed by atoms with Crippen LogP contribution in [0.1, 0.15) is 19.8 Å². The highest BCUT2D eigenvalue weighted by molar-refractivity contribution is 7.89. The second-order valence-corrected chi connectivity index (χ2v) is 5.96. The molecule has 0 amide bonds. The minimum absolute atomic E-state index is 0.312. The van der Waals surface area contributed by atoms with Gasteiger partial charge in [0.15, 0.2) is 0 Å². The summed E-state index contributed by atoms with van der Waals surface area (Å²) in [5, 5.41) is 0. The second-order valence-electron chi connectivity index (χ2n) is 4.19. The molecule has 0 aromatic heterocycles. The average molecular weight is 256 g/mol. The summed E-state index contributed by atoms with van der Waals surface area (Å²) in [7, 11) is -3.35. The van der Waals surface area contributed by atoms with Crippen molar-refractivity contribution in [3.05, 3.63) is 30.3 Å². The smallest absolute Gasteiger partial charge is 0.240 e. The summed E-state index contributed by atoms with van der Waals surface area (Å²) in [6.45, 7) is 3.17. The molecule has 96 valence electrons. The second kappa shape index (κ2) is 6.74. The van der Waals surface area contributed by atoms with Gasteiger partial charge in [0, 0.05) is 6.54 Å². The van der Waals surface area contributed by atoms with Gasteiger partial charge in [0.25, 0.3) is 0 Å². The van der Waals surface area contributed by atoms with Gasteiger partial charge in [0.05, 0.1) is 4.90 Å². The molecular weight excluding hydrogens is 236 g/mol. The molecule has 0 heterocycles. The van der Waals surface area contributed by atoms with Gasteiger partial charge in [-0.25, -0.2) is 13.1 Å². The van der Waals surface area contributed by atoms with E-state index in [9.17, 15) is 8.42 Å². The largest absolute Gasteiger partial charge is 0.330 e. The lowest BCUT2D eigenvalue weighted by atomic mass is 10.1. The zero-order valence-corrected chi connectivity index (χ0v) is 10.9. The van der Waals surface area contributed by atoms with Crippen LogP contribution in [0.5, 0.6) is 0 Å². The van der Waals surface area contributed by atoms with Crippen molar-refractivity contribution in [2.75, 3.05) is 13.1 Å². The lowest BCUT2D eigenvalue weighted by molar-refractivity contribution is 0.513. The topological polar surface area (TPSA) is 72.2 Å². The third kappa shape index (κ3) is 4.85. The van der Waals surface area contributed by atoms with E-state index in [1.165, 1.54) is 0 Å². The molecule has 0 saturated heterocycles. The summed E-state index contributed by atoms with van der Waals surface area (Å²) in [5.41, 5.74) is 5.49. The summed E-state index contributed by atoms with van der Waals surface area (Å²) in [6, 6.07) is 8.40. The Hall–Kier alpha value is -0.910. The van der Waals surface area contributed by atoms with Crippen LogP contribution < -0.4 is 10.5 Å². The SMILES string of the molecule is CC(CN)CCCNS(=O)(=O)c1ccccc1. The molecule has 0 fully saturated rings. The minimum Gasteiger partial charge on any atom is -0.330 e. The van der Waals surface area contributed by atoms with Gasteiger partial charge in [-0.2, -0.15) is 0 Å². The molecule has 1 rings (SSSR count). The van der Waals surface area contributed by atoms with Crippen LogP contribution in [0.4, 0.5) is 0 Å². The molecule has 1 atom stereocenters. The van der Waals surface area contributed by atoms with Crippen molar-refractivity contribution in [3.8, 4) is 0 Å². The number of benzene rings is 1. The highest BCUT2D eigenvalue weighted by atomic mass is 32.2. The summed E-state index contributed by atoms with van der Waals surface area (Å²) < 4.78 is 26.2. The van der Waals surface area contributed by atoms with Crippen molar-refractivity contribution >= 4 is 10.0 Å². The summed E-state index contributed by atoms with van der Waals surface area (Å²) in [5.74, 6) is 0.441. The molecule has 1 aromatic carbocycles. The van der Waals surface area contributed by atoms with Crippen molar-refractivity contribution in [1.82, 2.24) is 4.72 Å². The fourth-order valence-corrected chi connectivity index (χ4v) is 2.55. The normalized spacial score (nSPS) is 13.5. The van der Waals surface area contributed by atoms with Crippen LogP contribution >= 0.6 is 0 Å². The summed E-state index contributed by atoms with van der Waals surface area (Å²) >= 11 is 0. The highest BCUT2D eigenvalue weighted by Crippen LogP contribution is 2.08. The molecule has 0 aliphatic rings. The molecule has 4 nitrogen and oxygen atoms in total. The van der Waals surface area contributed by atoms with Gasteiger partial charge < -0.3 is 5.73 Å². The van der Waals surface area contributed by atoms with Crippen LogP contribution in [0.25, 0.3) is 0 Å². The third-order valence-electron chi connectivity index (χ3n) is 2.62. The third-order valence-corrected chi connectivity index (χ3v) is 4.10. The molecule has 3 N–H and O–H groups in total. The minimum atomic E-state index is -3.35. The van der Waals surface area contributed by atoms with E-state index in [1.54, 1.807) is 30.3 Å². The van der Waals surface area contributed by atoms with E-state index in [0.717, 1.165) is 12.8 Å². The number of nitrogens with two attached hydrogens (primary N) is 1. The molecule has 0 aliphatic carbocycles. The molecule has 1 unspecified atom stereocenters. The molecule has 0 radical (unpaired) electrons. The molecule has 0 spiro atoms. The molecule has 0 bridgehead atoms. The van der Waals surface area contributed by atoms with E-state index in [1.807, 2.05) is 0 Å². The van der Waals surface area contributed by atoms with E-state index in [2.05, 4.69) is 11.6 Å². The number of sulfonamides is 1. The van der Waals surface area contributed by atoms with E-state index in [-0.39, 0.29) is 0 Å². The highest BCUT2D eigenvalue weighted by Gasteiger charge is 2.12. The summed E-state index contributed by atoms with van der Waals surface area (Å²) in [6.07, 6.45) is 1.75. The standard InChI is InChI=1S/C12H20N2O2S/c1-11(10-13)6-5-9-14-17(15,16)12-7-3-2-4-8-12/h2-4,7-8,11,14H,5-6,9-10,13H2,1H3. The first-order valence-corrected chi connectivity index (χ1v) is 7.29. The van der Waals surface area contributed by atoms with Crippen LogP contribution in [-0.4, -0.2) is 21.5 Å². The summed E-state index contributed by atoms with van der Waals surface area (Å²) in [4.78, 5) is 0.312. The quantitative estimate of drug-likeness (QED) is 0.723. The van der Waals surface area contributed by atoms with Crippen molar-refractivity contribution in [2.45, 2.75) is 24.7 Å². The number of hydrogen-bond acceptors (Lipinski definition) is 3. The van der Waals surface area contributed by atoms with Gasteiger partial charge in [-0.15, -0.1) is 0 Å².